The summed E-state index contributed by atoms with van der Waals surface area (Å²) >= 11 is 0. The Balaban J connectivity index is 2.37. The Labute approximate surface area is 122 Å². The van der Waals surface area contributed by atoms with Crippen LogP contribution >= 0.6 is 0 Å². The number of hydrogen-bond donors (Lipinski definition) is 2. The van der Waals surface area contributed by atoms with Crippen LogP contribution in [0.15, 0.2) is 0 Å². The molecule has 1 aliphatic heterocycles. The molecule has 0 unspecified atom stereocenters. The average Bonchev–Trinajstić information content (AvgIpc) is 2.43. The van der Waals surface area contributed by atoms with Crippen molar-refractivity contribution < 1.29 is 4.79 Å². The largest absolute Gasteiger partial charge is 0.369 e. The van der Waals surface area contributed by atoms with E-state index >= 15 is 0 Å². The number of rotatable bonds is 8. The summed E-state index contributed by atoms with van der Waals surface area (Å²) in [5.41, 5.74) is 5.11. The zero-order chi connectivity index (χ0) is 15.0. The van der Waals surface area contributed by atoms with Crippen LogP contribution in [0.4, 0.5) is 0 Å². The normalized spacial score (nSPS) is 17.1. The highest BCUT2D eigenvalue weighted by Gasteiger charge is 2.22. The third-order valence-corrected chi connectivity index (χ3v) is 3.98. The van der Waals surface area contributed by atoms with E-state index in [1.165, 1.54) is 0 Å². The molecule has 0 aromatic rings. The molecule has 1 aliphatic rings. The van der Waals surface area contributed by atoms with Gasteiger partial charge in [-0.15, -0.1) is 0 Å². The molecular weight excluding hydrogens is 252 g/mol. The van der Waals surface area contributed by atoms with E-state index in [-0.39, 0.29) is 11.3 Å². The zero-order valence-electron chi connectivity index (χ0n) is 12.8. The molecule has 0 aliphatic carbocycles. The number of carbonyl (C=O) groups is 1. The topological polar surface area (TPSA) is 82.2 Å². The maximum Gasteiger partial charge on any atom is 0.231 e. The standard InChI is InChI=1S/C15H28N4O/c1-15(2,12-16)7-3-4-10-19(11-14(17)20)13-5-8-18-9-6-13/h13,18H,3-11H2,1-2H3,(H2,17,20). The Kier molecular flexibility index (Phi) is 6.97. The lowest BCUT2D eigenvalue weighted by Crippen LogP contribution is -2.46. The van der Waals surface area contributed by atoms with Gasteiger partial charge in [-0.05, 0) is 59.2 Å². The third-order valence-electron chi connectivity index (χ3n) is 3.98. The van der Waals surface area contributed by atoms with Crippen LogP contribution in [0.2, 0.25) is 0 Å². The van der Waals surface area contributed by atoms with Gasteiger partial charge in [-0.1, -0.05) is 6.42 Å². The molecule has 5 heteroatoms. The van der Waals surface area contributed by atoms with Crippen molar-refractivity contribution in [3.8, 4) is 6.07 Å². The van der Waals surface area contributed by atoms with Crippen molar-refractivity contribution in [2.75, 3.05) is 26.2 Å². The monoisotopic (exact) mass is 280 g/mol. The van der Waals surface area contributed by atoms with Crippen molar-refractivity contribution in [3.63, 3.8) is 0 Å². The first-order valence-corrected chi connectivity index (χ1v) is 7.59. The highest BCUT2D eigenvalue weighted by molar-refractivity contribution is 5.75. The number of amides is 1. The molecule has 1 fully saturated rings. The van der Waals surface area contributed by atoms with E-state index in [1.807, 2.05) is 13.8 Å². The minimum Gasteiger partial charge on any atom is -0.369 e. The smallest absolute Gasteiger partial charge is 0.231 e. The maximum absolute atomic E-state index is 11.2. The average molecular weight is 280 g/mol. The van der Waals surface area contributed by atoms with Crippen molar-refractivity contribution in [1.29, 1.82) is 5.26 Å². The molecule has 0 aromatic heterocycles. The number of nitrogens with zero attached hydrogens (tertiary/aromatic N) is 2. The molecular formula is C15H28N4O. The minimum atomic E-state index is -0.249. The van der Waals surface area contributed by atoms with Gasteiger partial charge in [0.15, 0.2) is 0 Å². The maximum atomic E-state index is 11.2. The van der Waals surface area contributed by atoms with Crippen LogP contribution < -0.4 is 11.1 Å². The summed E-state index contributed by atoms with van der Waals surface area (Å²) in [7, 11) is 0. The van der Waals surface area contributed by atoms with Crippen LogP contribution in [-0.4, -0.2) is 43.0 Å². The van der Waals surface area contributed by atoms with Crippen LogP contribution in [0.25, 0.3) is 0 Å². The number of nitrogens with one attached hydrogen (secondary N) is 1. The number of primary amides is 1. The van der Waals surface area contributed by atoms with Gasteiger partial charge in [-0.25, -0.2) is 0 Å². The molecule has 1 heterocycles. The number of hydrogen-bond acceptors (Lipinski definition) is 4. The SMILES string of the molecule is CC(C)(C#N)CCCCN(CC(N)=O)C1CCNCC1. The first-order chi connectivity index (χ1) is 9.44. The molecule has 1 saturated heterocycles. The van der Waals surface area contributed by atoms with Crippen molar-refractivity contribution in [1.82, 2.24) is 10.2 Å². The summed E-state index contributed by atoms with van der Waals surface area (Å²) in [4.78, 5) is 13.4. The number of piperidine rings is 1. The molecule has 1 amide bonds. The predicted octanol–water partition coefficient (Wildman–Crippen LogP) is 1.25. The van der Waals surface area contributed by atoms with Gasteiger partial charge < -0.3 is 11.1 Å². The summed E-state index contributed by atoms with van der Waals surface area (Å²) in [5, 5.41) is 12.3. The van der Waals surface area contributed by atoms with Crippen molar-refractivity contribution in [2.24, 2.45) is 11.1 Å². The van der Waals surface area contributed by atoms with Crippen molar-refractivity contribution >= 4 is 5.91 Å². The van der Waals surface area contributed by atoms with Gasteiger partial charge in [0, 0.05) is 6.04 Å². The van der Waals surface area contributed by atoms with Gasteiger partial charge >= 0.3 is 0 Å². The van der Waals surface area contributed by atoms with Crippen LogP contribution in [0, 0.1) is 16.7 Å². The van der Waals surface area contributed by atoms with Crippen LogP contribution in [-0.2, 0) is 4.79 Å². The van der Waals surface area contributed by atoms with E-state index in [0.717, 1.165) is 51.7 Å². The summed E-state index contributed by atoms with van der Waals surface area (Å²) in [6, 6.07) is 2.79. The Hall–Kier alpha value is -1.12. The van der Waals surface area contributed by atoms with Crippen LogP contribution in [0.1, 0.15) is 46.0 Å². The van der Waals surface area contributed by atoms with Crippen molar-refractivity contribution in [3.05, 3.63) is 0 Å². The molecule has 20 heavy (non-hydrogen) atoms. The van der Waals surface area contributed by atoms with E-state index in [0.29, 0.717) is 12.6 Å². The molecule has 3 N–H and O–H groups in total. The summed E-state index contributed by atoms with van der Waals surface area (Å²) in [6.07, 6.45) is 5.09. The number of carbonyl (C=O) groups excluding carboxylic acids is 1. The first kappa shape index (κ1) is 16.9. The van der Waals surface area contributed by atoms with E-state index < -0.39 is 0 Å². The van der Waals surface area contributed by atoms with Crippen molar-refractivity contribution in [2.45, 2.75) is 52.0 Å². The van der Waals surface area contributed by atoms with E-state index in [4.69, 9.17) is 11.0 Å². The van der Waals surface area contributed by atoms with Gasteiger partial charge in [0.1, 0.15) is 0 Å². The summed E-state index contributed by atoms with van der Waals surface area (Å²) in [5.74, 6) is -0.249. The van der Waals surface area contributed by atoms with Gasteiger partial charge in [0.05, 0.1) is 18.0 Å². The Bertz CT molecular complexity index is 342. The number of nitrogens with two attached hydrogens (primary N) is 1. The van der Waals surface area contributed by atoms with Crippen LogP contribution in [0.5, 0.6) is 0 Å². The molecule has 0 aromatic carbocycles. The molecule has 0 atom stereocenters. The lowest BCUT2D eigenvalue weighted by molar-refractivity contribution is -0.119. The summed E-state index contributed by atoms with van der Waals surface area (Å²) < 4.78 is 0. The Morgan fingerprint density at radius 2 is 2.05 bits per heavy atom. The van der Waals surface area contributed by atoms with Gasteiger partial charge in [0.2, 0.25) is 5.91 Å². The third kappa shape index (κ3) is 6.36. The minimum absolute atomic E-state index is 0.247. The Morgan fingerprint density at radius 3 is 2.60 bits per heavy atom. The second-order valence-electron chi connectivity index (χ2n) is 6.37. The second-order valence-corrected chi connectivity index (χ2v) is 6.37. The number of unbranched alkanes of at least 4 members (excludes halogenated alkanes) is 1. The fourth-order valence-electron chi connectivity index (χ4n) is 2.70. The molecule has 0 saturated carbocycles. The Morgan fingerprint density at radius 1 is 1.40 bits per heavy atom. The quantitative estimate of drug-likeness (QED) is 0.655. The zero-order valence-corrected chi connectivity index (χ0v) is 12.8. The van der Waals surface area contributed by atoms with Crippen LogP contribution in [0.3, 0.4) is 0 Å². The summed E-state index contributed by atoms with van der Waals surface area (Å²) in [6.45, 7) is 7.23. The first-order valence-electron chi connectivity index (χ1n) is 7.59. The fraction of sp³-hybridized carbons (Fsp3) is 0.867. The highest BCUT2D eigenvalue weighted by Crippen LogP contribution is 2.22. The lowest BCUT2D eigenvalue weighted by Gasteiger charge is -2.34. The fourth-order valence-corrected chi connectivity index (χ4v) is 2.70. The predicted molar refractivity (Wildman–Crippen MR) is 79.9 cm³/mol. The van der Waals surface area contributed by atoms with Gasteiger partial charge in [-0.2, -0.15) is 5.26 Å². The van der Waals surface area contributed by atoms with E-state index in [9.17, 15) is 4.79 Å². The molecule has 114 valence electrons. The lowest BCUT2D eigenvalue weighted by atomic mass is 9.89. The van der Waals surface area contributed by atoms with E-state index in [1.54, 1.807) is 0 Å². The molecule has 1 rings (SSSR count). The van der Waals surface area contributed by atoms with Gasteiger partial charge in [-0.3, -0.25) is 9.69 Å². The highest BCUT2D eigenvalue weighted by atomic mass is 16.1. The molecule has 0 spiro atoms. The van der Waals surface area contributed by atoms with Gasteiger partial charge in [0.25, 0.3) is 0 Å². The number of nitriles is 1. The molecule has 0 radical (unpaired) electrons. The second kappa shape index (κ2) is 8.23. The van der Waals surface area contributed by atoms with E-state index in [2.05, 4.69) is 16.3 Å². The molecule has 5 nitrogen and oxygen atoms in total. The molecule has 0 bridgehead atoms.